The van der Waals surface area contributed by atoms with E-state index in [0.29, 0.717) is 24.7 Å². The van der Waals surface area contributed by atoms with Crippen LogP contribution in [0.4, 0.5) is 26.2 Å². The standard InChI is InChI=1S/C29H32F2N8O3/c1-2-4-18-14-33-29(34-15-18)38-11-8-20(9-12-38)39-16-22(31)25-26(35-17-36-27(25)39)37-23-7-6-19(13-21(23)30)28(42)32-10-3-5-24(40)41/h6-7,13-17,20H,2-5,8-12H2,1H3,(H,32,42)(H,40,41)(H,35,36,37). The van der Waals surface area contributed by atoms with Crippen molar-refractivity contribution in [1.82, 2.24) is 29.8 Å². The van der Waals surface area contributed by atoms with Gasteiger partial charge in [-0.3, -0.25) is 9.59 Å². The Hall–Kier alpha value is -4.68. The molecule has 1 amide bonds. The van der Waals surface area contributed by atoms with Crippen molar-refractivity contribution in [3.8, 4) is 0 Å². The Morgan fingerprint density at radius 2 is 1.83 bits per heavy atom. The van der Waals surface area contributed by atoms with Crippen LogP contribution in [-0.2, 0) is 11.2 Å². The number of amides is 1. The second-order valence-corrected chi connectivity index (χ2v) is 10.2. The number of aliphatic carboxylic acids is 1. The highest BCUT2D eigenvalue weighted by Crippen LogP contribution is 2.33. The Bertz CT molecular complexity index is 1570. The molecule has 13 heteroatoms. The molecule has 11 nitrogen and oxygen atoms in total. The van der Waals surface area contributed by atoms with Crippen LogP contribution in [0.15, 0.2) is 43.1 Å². The third-order valence-electron chi connectivity index (χ3n) is 7.27. The molecule has 42 heavy (non-hydrogen) atoms. The molecule has 0 bridgehead atoms. The lowest BCUT2D eigenvalue weighted by atomic mass is 10.1. The predicted molar refractivity (Wildman–Crippen MR) is 153 cm³/mol. The topological polar surface area (TPSA) is 138 Å². The summed E-state index contributed by atoms with van der Waals surface area (Å²) in [6.45, 7) is 3.69. The van der Waals surface area contributed by atoms with Crippen molar-refractivity contribution in [2.75, 3.05) is 29.9 Å². The van der Waals surface area contributed by atoms with E-state index in [1.54, 1.807) is 0 Å². The number of hydrogen-bond donors (Lipinski definition) is 3. The van der Waals surface area contributed by atoms with Crippen LogP contribution in [0.25, 0.3) is 11.0 Å². The van der Waals surface area contributed by atoms with Gasteiger partial charge in [-0.2, -0.15) is 0 Å². The van der Waals surface area contributed by atoms with E-state index in [0.717, 1.165) is 37.3 Å². The zero-order valence-corrected chi connectivity index (χ0v) is 23.2. The maximum atomic E-state index is 15.3. The smallest absolute Gasteiger partial charge is 0.303 e. The normalized spacial score (nSPS) is 13.8. The molecule has 5 rings (SSSR count). The Balaban J connectivity index is 1.27. The van der Waals surface area contributed by atoms with Crippen molar-refractivity contribution in [2.24, 2.45) is 0 Å². The van der Waals surface area contributed by atoms with Crippen LogP contribution in [0.3, 0.4) is 0 Å². The minimum absolute atomic E-state index is 0.000366. The summed E-state index contributed by atoms with van der Waals surface area (Å²) in [5.41, 5.74) is 1.61. The first-order chi connectivity index (χ1) is 20.3. The lowest BCUT2D eigenvalue weighted by molar-refractivity contribution is -0.137. The molecule has 1 aliphatic heterocycles. The summed E-state index contributed by atoms with van der Waals surface area (Å²) in [6.07, 6.45) is 10.1. The number of nitrogens with zero attached hydrogens (tertiary/aromatic N) is 6. The van der Waals surface area contributed by atoms with Gasteiger partial charge in [0.25, 0.3) is 5.91 Å². The molecule has 0 radical (unpaired) electrons. The molecule has 1 saturated heterocycles. The number of carboxylic acid groups (broad SMARTS) is 1. The van der Waals surface area contributed by atoms with Crippen molar-refractivity contribution in [3.63, 3.8) is 0 Å². The molecule has 0 saturated carbocycles. The molecule has 0 atom stereocenters. The molecule has 3 aromatic heterocycles. The summed E-state index contributed by atoms with van der Waals surface area (Å²) in [6, 6.07) is 3.85. The number of carbonyl (C=O) groups excluding carboxylic acids is 1. The lowest BCUT2D eigenvalue weighted by Crippen LogP contribution is -2.35. The molecule has 3 N–H and O–H groups in total. The monoisotopic (exact) mass is 578 g/mol. The Morgan fingerprint density at radius 1 is 1.07 bits per heavy atom. The number of anilines is 3. The lowest BCUT2D eigenvalue weighted by Gasteiger charge is -2.32. The van der Waals surface area contributed by atoms with E-state index in [-0.39, 0.29) is 47.9 Å². The van der Waals surface area contributed by atoms with Gasteiger partial charge in [0.2, 0.25) is 5.95 Å². The summed E-state index contributed by atoms with van der Waals surface area (Å²) in [7, 11) is 0. The number of aryl methyl sites for hydroxylation is 1. The maximum Gasteiger partial charge on any atom is 0.303 e. The number of carbonyl (C=O) groups is 2. The maximum absolute atomic E-state index is 15.3. The highest BCUT2D eigenvalue weighted by Gasteiger charge is 2.26. The number of halogens is 2. The number of carboxylic acids is 1. The van der Waals surface area contributed by atoms with Crippen molar-refractivity contribution < 1.29 is 23.5 Å². The molecule has 0 aliphatic carbocycles. The largest absolute Gasteiger partial charge is 0.481 e. The van der Waals surface area contributed by atoms with Gasteiger partial charge in [-0.1, -0.05) is 13.3 Å². The zero-order valence-electron chi connectivity index (χ0n) is 23.2. The van der Waals surface area contributed by atoms with E-state index in [1.165, 1.54) is 24.7 Å². The van der Waals surface area contributed by atoms with Gasteiger partial charge < -0.3 is 25.2 Å². The SMILES string of the molecule is CCCc1cnc(N2CCC(n3cc(F)c4c(Nc5ccc(C(=O)NCCCC(=O)O)cc5F)ncnc43)CC2)nc1. The van der Waals surface area contributed by atoms with E-state index >= 15 is 4.39 Å². The Kier molecular flexibility index (Phi) is 8.84. The number of piperidine rings is 1. The number of nitrogens with one attached hydrogen (secondary N) is 2. The summed E-state index contributed by atoms with van der Waals surface area (Å²) >= 11 is 0. The van der Waals surface area contributed by atoms with E-state index in [4.69, 9.17) is 5.11 Å². The van der Waals surface area contributed by atoms with Crippen LogP contribution in [-0.4, -0.2) is 61.1 Å². The first-order valence-corrected chi connectivity index (χ1v) is 14.0. The fourth-order valence-corrected chi connectivity index (χ4v) is 5.11. The molecule has 1 aliphatic rings. The average Bonchev–Trinajstić information content (AvgIpc) is 3.34. The van der Waals surface area contributed by atoms with Crippen molar-refractivity contribution in [2.45, 2.75) is 51.5 Å². The van der Waals surface area contributed by atoms with Crippen molar-refractivity contribution >= 4 is 40.4 Å². The summed E-state index contributed by atoms with van der Waals surface area (Å²) < 4.78 is 32.0. The van der Waals surface area contributed by atoms with Crippen LogP contribution < -0.4 is 15.5 Å². The van der Waals surface area contributed by atoms with Gasteiger partial charge in [0.05, 0.1) is 11.1 Å². The fourth-order valence-electron chi connectivity index (χ4n) is 5.11. The van der Waals surface area contributed by atoms with Gasteiger partial charge in [0.1, 0.15) is 23.6 Å². The van der Waals surface area contributed by atoms with Gasteiger partial charge in [0.15, 0.2) is 5.82 Å². The minimum Gasteiger partial charge on any atom is -0.481 e. The first-order valence-electron chi connectivity index (χ1n) is 14.0. The zero-order chi connectivity index (χ0) is 29.6. The van der Waals surface area contributed by atoms with Gasteiger partial charge in [0, 0.05) is 56.3 Å². The van der Waals surface area contributed by atoms with E-state index in [9.17, 15) is 14.0 Å². The molecular formula is C29H32F2N8O3. The van der Waals surface area contributed by atoms with Gasteiger partial charge in [-0.25, -0.2) is 28.7 Å². The molecule has 1 fully saturated rings. The molecule has 0 spiro atoms. The van der Waals surface area contributed by atoms with E-state index < -0.39 is 23.5 Å². The Morgan fingerprint density at radius 3 is 2.52 bits per heavy atom. The van der Waals surface area contributed by atoms with Crippen LogP contribution in [0, 0.1) is 11.6 Å². The third-order valence-corrected chi connectivity index (χ3v) is 7.27. The van der Waals surface area contributed by atoms with Crippen molar-refractivity contribution in [1.29, 1.82) is 0 Å². The first kappa shape index (κ1) is 28.8. The average molecular weight is 579 g/mol. The number of benzene rings is 1. The van der Waals surface area contributed by atoms with Crippen LogP contribution in [0.5, 0.6) is 0 Å². The fraction of sp³-hybridized carbons (Fsp3) is 0.379. The number of fused-ring (bicyclic) bond motifs is 1. The summed E-state index contributed by atoms with van der Waals surface area (Å²) in [4.78, 5) is 42.6. The second kappa shape index (κ2) is 12.9. The minimum atomic E-state index is -0.958. The quantitative estimate of drug-likeness (QED) is 0.217. The third kappa shape index (κ3) is 6.45. The molecule has 1 aromatic carbocycles. The van der Waals surface area contributed by atoms with Crippen LogP contribution in [0.1, 0.15) is 61.0 Å². The molecule has 0 unspecified atom stereocenters. The molecule has 220 valence electrons. The molecule has 4 heterocycles. The van der Waals surface area contributed by atoms with Crippen LogP contribution in [0.2, 0.25) is 0 Å². The van der Waals surface area contributed by atoms with E-state index in [2.05, 4.69) is 42.4 Å². The summed E-state index contributed by atoms with van der Waals surface area (Å²) in [5.74, 6) is -1.93. The molecule has 4 aromatic rings. The van der Waals surface area contributed by atoms with Gasteiger partial charge >= 0.3 is 5.97 Å². The van der Waals surface area contributed by atoms with Crippen molar-refractivity contribution in [3.05, 3.63) is 65.9 Å². The van der Waals surface area contributed by atoms with Gasteiger partial charge in [-0.15, -0.1) is 0 Å². The Labute approximate surface area is 241 Å². The van der Waals surface area contributed by atoms with Gasteiger partial charge in [-0.05, 0) is 49.4 Å². The molecular weight excluding hydrogens is 546 g/mol. The highest BCUT2D eigenvalue weighted by molar-refractivity contribution is 5.95. The summed E-state index contributed by atoms with van der Waals surface area (Å²) in [5, 5.41) is 14.2. The number of rotatable bonds is 11. The highest BCUT2D eigenvalue weighted by atomic mass is 19.1. The number of hydrogen-bond acceptors (Lipinski definition) is 8. The predicted octanol–water partition coefficient (Wildman–Crippen LogP) is 4.63. The second-order valence-electron chi connectivity index (χ2n) is 10.2. The number of aromatic nitrogens is 5. The van der Waals surface area contributed by atoms with Crippen LogP contribution >= 0.6 is 0 Å². The van der Waals surface area contributed by atoms with E-state index in [1.807, 2.05) is 17.0 Å².